The van der Waals surface area contributed by atoms with Gasteiger partial charge in [-0.2, -0.15) is 0 Å². The number of allylic oxidation sites excluding steroid dienone is 1. The summed E-state index contributed by atoms with van der Waals surface area (Å²) in [6.45, 7) is 40.5. The molecule has 1 spiro atoms. The molecule has 14 nitrogen and oxygen atoms in total. The van der Waals surface area contributed by atoms with E-state index in [-0.39, 0.29) is 108 Å². The summed E-state index contributed by atoms with van der Waals surface area (Å²) in [5.41, 5.74) is -0.0693. The molecule has 0 amide bonds. The number of hydrogen-bond donors (Lipinski definition) is 1. The average molecular weight is 856 g/mol. The highest BCUT2D eigenvalue weighted by molar-refractivity contribution is 6.05. The zero-order valence-corrected chi connectivity index (χ0v) is 34.9. The third-order valence-corrected chi connectivity index (χ3v) is 11.0. The maximum Gasteiger partial charge on any atom is 0.586 e. The number of esters is 2. The number of carbonyl (C=O) groups is 2. The zero-order chi connectivity index (χ0) is 45.4. The number of aliphatic hydroxyl groups is 1. The van der Waals surface area contributed by atoms with Gasteiger partial charge in [0.25, 0.3) is 25.4 Å². The minimum Gasteiger partial charge on any atom is -0.381 e. The second kappa shape index (κ2) is 17.4. The third kappa shape index (κ3) is 8.37. The molecule has 6 heterocycles. The SMILES string of the molecule is C=NC1=C([O+]=C)CC(=[O+]C2=C([O+]=C)CC(=[O+][C-]3C(=C)C#CC=C4CO[C@@H]5C(=O)C(=C)[CH][C@@H](C(=O)[O+]=C6C[C@@H](C[CH+]C3=C)O[C@@]3(C#CC(=C)[C@@H](C(=C)CC)O3)C6)[C@]45O)OC2=C)OC1=C. The van der Waals surface area contributed by atoms with Crippen molar-refractivity contribution in [2.45, 2.75) is 75.1 Å². The summed E-state index contributed by atoms with van der Waals surface area (Å²) >= 11 is 0. The minimum absolute atomic E-state index is 0.00824. The molecular formula is C49H45NO13+5. The largest absolute Gasteiger partial charge is 0.586 e. The van der Waals surface area contributed by atoms with Crippen LogP contribution >= 0.6 is 0 Å². The van der Waals surface area contributed by atoms with E-state index in [1.54, 1.807) is 6.42 Å². The van der Waals surface area contributed by atoms with Gasteiger partial charge in [-0.3, -0.25) is 27.5 Å². The Balaban J connectivity index is 1.27. The van der Waals surface area contributed by atoms with Gasteiger partial charge >= 0.3 is 40.9 Å². The van der Waals surface area contributed by atoms with Crippen molar-refractivity contribution in [1.82, 2.24) is 0 Å². The first-order valence-electron chi connectivity index (χ1n) is 19.7. The molecule has 2 bridgehead atoms. The molecule has 1 saturated carbocycles. The first-order chi connectivity index (χ1) is 30.0. The Bertz CT molecular complexity index is 2570. The number of carbonyl (C=O) groups excluding carboxylic acids is 7. The van der Waals surface area contributed by atoms with Crippen LogP contribution in [0.25, 0.3) is 0 Å². The number of Topliss-reactive ketones (excluding diaryl/α,β-unsaturated/α-hetero) is 1. The van der Waals surface area contributed by atoms with Crippen LogP contribution in [0.1, 0.15) is 45.4 Å². The van der Waals surface area contributed by atoms with Gasteiger partial charge in [-0.15, -0.1) is 0 Å². The summed E-state index contributed by atoms with van der Waals surface area (Å²) in [6, 6.07) is 0. The van der Waals surface area contributed by atoms with Crippen LogP contribution in [0.3, 0.4) is 0 Å². The quantitative estimate of drug-likeness (QED) is 0.0741. The molecule has 0 aromatic carbocycles. The number of hydrogen-bond acceptors (Lipinski definition) is 9. The molecule has 0 unspecified atom stereocenters. The second-order valence-electron chi connectivity index (χ2n) is 15.2. The second-order valence-corrected chi connectivity index (χ2v) is 15.2. The molecule has 7 rings (SSSR count). The highest BCUT2D eigenvalue weighted by Gasteiger charge is 2.65. The molecule has 1 aliphatic carbocycles. The number of nitrogens with zero attached hydrogens (tertiary/aromatic N) is 1. The van der Waals surface area contributed by atoms with E-state index in [2.05, 4.69) is 95.0 Å². The van der Waals surface area contributed by atoms with Gasteiger partial charge in [0.05, 0.1) is 31.1 Å². The fourth-order valence-electron chi connectivity index (χ4n) is 7.75. The van der Waals surface area contributed by atoms with Gasteiger partial charge in [0.2, 0.25) is 30.1 Å². The summed E-state index contributed by atoms with van der Waals surface area (Å²) in [6.07, 6.45) is 2.32. The zero-order valence-electron chi connectivity index (χ0n) is 34.9. The lowest BCUT2D eigenvalue weighted by atomic mass is 9.68. The number of fused-ring (bicyclic) bond motifs is 2. The Morgan fingerprint density at radius 3 is 2.49 bits per heavy atom. The van der Waals surface area contributed by atoms with E-state index in [0.29, 0.717) is 23.3 Å². The lowest BCUT2D eigenvalue weighted by Gasteiger charge is -2.40. The molecule has 0 aromatic rings. The van der Waals surface area contributed by atoms with E-state index in [0.717, 1.165) is 5.57 Å². The predicted octanol–water partition coefficient (Wildman–Crippen LogP) is 4.53. The molecule has 1 radical (unpaired) electrons. The average Bonchev–Trinajstić information content (AvgIpc) is 3.60. The van der Waals surface area contributed by atoms with Crippen molar-refractivity contribution in [2.24, 2.45) is 10.9 Å². The molecule has 63 heavy (non-hydrogen) atoms. The maximum absolute atomic E-state index is 14.2. The Hall–Kier alpha value is -6.94. The Morgan fingerprint density at radius 1 is 1.05 bits per heavy atom. The number of cyclic esters (lactones) is 2. The lowest BCUT2D eigenvalue weighted by Crippen LogP contribution is -2.57. The van der Waals surface area contributed by atoms with Crippen LogP contribution in [0.4, 0.5) is 0 Å². The van der Waals surface area contributed by atoms with Gasteiger partial charge in [-0.25, -0.2) is 13.8 Å². The molecule has 0 aromatic heterocycles. The van der Waals surface area contributed by atoms with Gasteiger partial charge in [-0.1, -0.05) is 64.0 Å². The van der Waals surface area contributed by atoms with Crippen molar-refractivity contribution in [3.63, 3.8) is 0 Å². The highest BCUT2D eigenvalue weighted by atomic mass is 16.7. The summed E-state index contributed by atoms with van der Waals surface area (Å²) in [5, 5.41) is 12.3. The van der Waals surface area contributed by atoms with Crippen molar-refractivity contribution >= 4 is 49.8 Å². The summed E-state index contributed by atoms with van der Waals surface area (Å²) in [4.78, 5) is 31.3. The molecule has 2 saturated heterocycles. The summed E-state index contributed by atoms with van der Waals surface area (Å²) in [5.74, 6) is 8.32. The number of ether oxygens (including phenoxy) is 5. The van der Waals surface area contributed by atoms with Gasteiger partial charge in [0.15, 0.2) is 17.8 Å². The molecule has 6 aliphatic heterocycles. The van der Waals surface area contributed by atoms with Crippen molar-refractivity contribution < 1.29 is 60.5 Å². The first kappa shape index (κ1) is 44.1. The van der Waals surface area contributed by atoms with Crippen LogP contribution in [-0.2, 0) is 55.4 Å². The Kier molecular flexibility index (Phi) is 12.2. The minimum atomic E-state index is -2.16. The van der Waals surface area contributed by atoms with Crippen molar-refractivity contribution in [3.05, 3.63) is 139 Å². The Morgan fingerprint density at radius 2 is 1.78 bits per heavy atom. The normalized spacial score (nSPS) is 31.2. The molecule has 14 heteroatoms. The fourth-order valence-corrected chi connectivity index (χ4v) is 7.75. The first-order valence-corrected chi connectivity index (χ1v) is 19.7. The highest BCUT2D eigenvalue weighted by Crippen LogP contribution is 2.46. The monoisotopic (exact) mass is 855 g/mol. The van der Waals surface area contributed by atoms with Crippen LogP contribution < -0.4 is 0 Å². The molecule has 7 aliphatic rings. The van der Waals surface area contributed by atoms with Crippen LogP contribution in [0.2, 0.25) is 0 Å². The van der Waals surface area contributed by atoms with Crippen molar-refractivity contribution in [1.29, 1.82) is 0 Å². The van der Waals surface area contributed by atoms with E-state index in [1.165, 1.54) is 12.5 Å². The predicted molar refractivity (Wildman–Crippen MR) is 229 cm³/mol. The van der Waals surface area contributed by atoms with Crippen LogP contribution in [0.5, 0.6) is 0 Å². The van der Waals surface area contributed by atoms with E-state index < -0.39 is 47.4 Å². The van der Waals surface area contributed by atoms with Gasteiger partial charge in [0, 0.05) is 22.4 Å². The maximum atomic E-state index is 14.2. The summed E-state index contributed by atoms with van der Waals surface area (Å²) < 4.78 is 59.6. The molecule has 6 atom stereocenters. The van der Waals surface area contributed by atoms with Crippen LogP contribution in [-0.4, -0.2) is 91.2 Å². The van der Waals surface area contributed by atoms with E-state index in [1.807, 2.05) is 6.92 Å². The van der Waals surface area contributed by atoms with Crippen molar-refractivity contribution in [3.8, 4) is 23.7 Å². The number of aliphatic imine (C=N–C) groups is 1. The van der Waals surface area contributed by atoms with E-state index in [9.17, 15) is 14.7 Å². The fraction of sp³-hybridized carbons (Fsp3) is 0.286. The Labute approximate surface area is 364 Å². The topological polar surface area (TPSA) is 169 Å². The molecule has 1 N–H and O–H groups in total. The lowest BCUT2D eigenvalue weighted by molar-refractivity contribution is -0.464. The van der Waals surface area contributed by atoms with Gasteiger partial charge in [-0.05, 0) is 61.4 Å². The van der Waals surface area contributed by atoms with E-state index in [4.69, 9.17) is 45.8 Å². The van der Waals surface area contributed by atoms with E-state index >= 15 is 0 Å². The molecular weight excluding hydrogens is 811 g/mol. The number of rotatable bonds is 7. The molecule has 3 fully saturated rings. The summed E-state index contributed by atoms with van der Waals surface area (Å²) in [7, 11) is 0. The van der Waals surface area contributed by atoms with Crippen LogP contribution in [0, 0.1) is 48.5 Å². The van der Waals surface area contributed by atoms with Gasteiger partial charge < -0.3 is 19.3 Å². The third-order valence-electron chi connectivity index (χ3n) is 11.0. The van der Waals surface area contributed by atoms with Crippen LogP contribution in [0.15, 0.2) is 125 Å². The number of ketones is 2. The smallest absolute Gasteiger partial charge is 0.381 e. The van der Waals surface area contributed by atoms with Crippen molar-refractivity contribution in [2.75, 3.05) is 6.61 Å². The molecule has 319 valence electrons. The standard InChI is InChI=1S/C49H45NO13/c1-12-26(2)44-29(5)18-19-48(63-44)24-35-21-34(62-48)17-16-28(4)43(27(3)14-13-15-33-25-56-46-42(51)30(6)20-36(47(52)59-35)49(33,46)53)60-40-23-38(55-11)45(32(8)58-40)61-39-22-37(54-10)41(50-9)31(7)57-39/h15-16,20,34,36,44,46,53H,2-12,17,21-25H2,1H3/q+5/t34-,36+,44-,46-,48-,49-/m1/s1. The van der Waals surface area contributed by atoms with Gasteiger partial charge in [0.1, 0.15) is 11.7 Å².